The molecule has 1 aliphatic heterocycles. The van der Waals surface area contributed by atoms with E-state index in [9.17, 15) is 9.59 Å². The summed E-state index contributed by atoms with van der Waals surface area (Å²) in [4.78, 5) is 26.3. The first kappa shape index (κ1) is 12.2. The number of amides is 2. The van der Waals surface area contributed by atoms with Crippen molar-refractivity contribution in [2.75, 3.05) is 11.4 Å². The largest absolute Gasteiger partial charge is 0.340 e. The van der Waals surface area contributed by atoms with Crippen molar-refractivity contribution in [2.45, 2.75) is 32.2 Å². The Morgan fingerprint density at radius 3 is 2.58 bits per heavy atom. The Bertz CT molecular complexity index is 551. The van der Waals surface area contributed by atoms with Gasteiger partial charge in [-0.1, -0.05) is 18.2 Å². The van der Waals surface area contributed by atoms with Crippen molar-refractivity contribution in [1.29, 1.82) is 0 Å². The molecule has 1 N–H and O–H groups in total. The summed E-state index contributed by atoms with van der Waals surface area (Å²) in [6.07, 6.45) is 2.04. The molecule has 1 saturated heterocycles. The zero-order chi connectivity index (χ0) is 13.6. The molecule has 1 aliphatic carbocycles. The minimum atomic E-state index is -0.725. The smallest absolute Gasteiger partial charge is 0.253 e. The SMILES string of the molecule is Cc1ccccc1N1CC(=O)NC(C)(C2CC2)C1=O. The highest BCUT2D eigenvalue weighted by Crippen LogP contribution is 2.42. The third-order valence-corrected chi connectivity index (χ3v) is 4.19. The summed E-state index contributed by atoms with van der Waals surface area (Å²) in [5.74, 6) is 0.233. The molecule has 1 unspecified atom stereocenters. The Kier molecular flexibility index (Phi) is 2.62. The number of nitrogens with one attached hydrogen (secondary N) is 1. The number of rotatable bonds is 2. The minimum Gasteiger partial charge on any atom is -0.340 e. The van der Waals surface area contributed by atoms with Crippen LogP contribution in [-0.2, 0) is 9.59 Å². The first-order chi connectivity index (χ1) is 9.02. The average Bonchev–Trinajstić information content (AvgIpc) is 3.19. The summed E-state index contributed by atoms with van der Waals surface area (Å²) >= 11 is 0. The van der Waals surface area contributed by atoms with Gasteiger partial charge in [0.25, 0.3) is 5.91 Å². The number of hydrogen-bond acceptors (Lipinski definition) is 2. The quantitative estimate of drug-likeness (QED) is 0.876. The first-order valence-electron chi connectivity index (χ1n) is 6.71. The standard InChI is InChI=1S/C15H18N2O2/c1-10-5-3-4-6-12(10)17-9-13(18)16-15(2,14(17)19)11-7-8-11/h3-6,11H,7-9H2,1-2H3,(H,16,18). The zero-order valence-electron chi connectivity index (χ0n) is 11.3. The van der Waals surface area contributed by atoms with Gasteiger partial charge < -0.3 is 10.2 Å². The molecule has 19 heavy (non-hydrogen) atoms. The minimum absolute atomic E-state index is 0.0175. The summed E-state index contributed by atoms with van der Waals surface area (Å²) in [6.45, 7) is 3.94. The maximum absolute atomic E-state index is 12.7. The number of aryl methyl sites for hydroxylation is 1. The van der Waals surface area contributed by atoms with E-state index in [1.165, 1.54) is 0 Å². The van der Waals surface area contributed by atoms with E-state index in [0.717, 1.165) is 24.1 Å². The second-order valence-corrected chi connectivity index (χ2v) is 5.70. The van der Waals surface area contributed by atoms with Gasteiger partial charge in [-0.3, -0.25) is 9.59 Å². The summed E-state index contributed by atoms with van der Waals surface area (Å²) < 4.78 is 0. The van der Waals surface area contributed by atoms with Gasteiger partial charge in [-0.15, -0.1) is 0 Å². The molecule has 1 aromatic carbocycles. The maximum atomic E-state index is 12.7. The van der Waals surface area contributed by atoms with Crippen molar-refractivity contribution in [3.05, 3.63) is 29.8 Å². The van der Waals surface area contributed by atoms with Crippen LogP contribution in [0.1, 0.15) is 25.3 Å². The maximum Gasteiger partial charge on any atom is 0.253 e. The summed E-state index contributed by atoms with van der Waals surface area (Å²) in [6, 6.07) is 7.70. The van der Waals surface area contributed by atoms with Crippen LogP contribution in [0.5, 0.6) is 0 Å². The second kappa shape index (κ2) is 4.08. The van der Waals surface area contributed by atoms with Crippen molar-refractivity contribution in [3.63, 3.8) is 0 Å². The van der Waals surface area contributed by atoms with Crippen LogP contribution in [0.3, 0.4) is 0 Å². The van der Waals surface area contributed by atoms with Gasteiger partial charge in [0.05, 0.1) is 0 Å². The molecule has 2 amide bonds. The fourth-order valence-corrected chi connectivity index (χ4v) is 2.88. The lowest BCUT2D eigenvalue weighted by Crippen LogP contribution is -2.66. The number of para-hydroxylation sites is 1. The normalized spacial score (nSPS) is 27.4. The predicted octanol–water partition coefficient (Wildman–Crippen LogP) is 1.63. The molecule has 0 spiro atoms. The molecule has 0 aromatic heterocycles. The molecular weight excluding hydrogens is 240 g/mol. The Balaban J connectivity index is 1.99. The highest BCUT2D eigenvalue weighted by atomic mass is 16.2. The van der Waals surface area contributed by atoms with Crippen molar-refractivity contribution in [2.24, 2.45) is 5.92 Å². The van der Waals surface area contributed by atoms with Gasteiger partial charge in [-0.05, 0) is 44.2 Å². The third kappa shape index (κ3) is 1.91. The van der Waals surface area contributed by atoms with Gasteiger partial charge in [0.1, 0.15) is 12.1 Å². The van der Waals surface area contributed by atoms with E-state index in [4.69, 9.17) is 0 Å². The molecule has 3 rings (SSSR count). The first-order valence-corrected chi connectivity index (χ1v) is 6.71. The monoisotopic (exact) mass is 258 g/mol. The van der Waals surface area contributed by atoms with Crippen LogP contribution in [0.15, 0.2) is 24.3 Å². The molecule has 2 fully saturated rings. The molecule has 1 atom stereocenters. The molecule has 4 heteroatoms. The number of benzene rings is 1. The fourth-order valence-electron chi connectivity index (χ4n) is 2.88. The summed E-state index contributed by atoms with van der Waals surface area (Å²) in [5, 5.41) is 2.89. The lowest BCUT2D eigenvalue weighted by molar-refractivity contribution is -0.136. The number of carbonyl (C=O) groups is 2. The van der Waals surface area contributed by atoms with Gasteiger partial charge in [0.2, 0.25) is 5.91 Å². The lowest BCUT2D eigenvalue weighted by atomic mass is 9.91. The number of nitrogens with zero attached hydrogens (tertiary/aromatic N) is 1. The van der Waals surface area contributed by atoms with Crippen LogP contribution in [-0.4, -0.2) is 23.9 Å². The Hall–Kier alpha value is -1.84. The predicted molar refractivity (Wildman–Crippen MR) is 72.8 cm³/mol. The van der Waals surface area contributed by atoms with Crippen LogP contribution < -0.4 is 10.2 Å². The van der Waals surface area contributed by atoms with E-state index in [2.05, 4.69) is 5.32 Å². The van der Waals surface area contributed by atoms with E-state index in [1.807, 2.05) is 38.1 Å². The molecule has 0 bridgehead atoms. The number of anilines is 1. The average molecular weight is 258 g/mol. The van der Waals surface area contributed by atoms with Gasteiger partial charge in [-0.25, -0.2) is 0 Å². The van der Waals surface area contributed by atoms with E-state index >= 15 is 0 Å². The Labute approximate surface area is 112 Å². The van der Waals surface area contributed by atoms with Crippen molar-refractivity contribution < 1.29 is 9.59 Å². The molecule has 2 aliphatic rings. The molecule has 1 aromatic rings. The van der Waals surface area contributed by atoms with E-state index < -0.39 is 5.54 Å². The van der Waals surface area contributed by atoms with Crippen LogP contribution in [0.25, 0.3) is 0 Å². The van der Waals surface area contributed by atoms with E-state index in [0.29, 0.717) is 0 Å². The summed E-state index contributed by atoms with van der Waals surface area (Å²) in [7, 11) is 0. The highest BCUT2D eigenvalue weighted by Gasteiger charge is 2.52. The molecule has 0 radical (unpaired) electrons. The Morgan fingerprint density at radius 1 is 1.26 bits per heavy atom. The second-order valence-electron chi connectivity index (χ2n) is 5.70. The third-order valence-electron chi connectivity index (χ3n) is 4.19. The van der Waals surface area contributed by atoms with E-state index in [-0.39, 0.29) is 24.3 Å². The van der Waals surface area contributed by atoms with Crippen LogP contribution >= 0.6 is 0 Å². The van der Waals surface area contributed by atoms with Crippen LogP contribution in [0, 0.1) is 12.8 Å². The number of piperazine rings is 1. The summed E-state index contributed by atoms with van der Waals surface area (Å²) in [5.41, 5.74) is 1.13. The van der Waals surface area contributed by atoms with Gasteiger partial charge in [0, 0.05) is 5.69 Å². The molecule has 100 valence electrons. The van der Waals surface area contributed by atoms with E-state index in [1.54, 1.807) is 4.90 Å². The van der Waals surface area contributed by atoms with Crippen molar-refractivity contribution >= 4 is 17.5 Å². The van der Waals surface area contributed by atoms with Gasteiger partial charge in [0.15, 0.2) is 0 Å². The molecular formula is C15H18N2O2. The fraction of sp³-hybridized carbons (Fsp3) is 0.467. The van der Waals surface area contributed by atoms with Gasteiger partial charge in [-0.2, -0.15) is 0 Å². The Morgan fingerprint density at radius 2 is 1.95 bits per heavy atom. The number of hydrogen-bond donors (Lipinski definition) is 1. The molecule has 1 saturated carbocycles. The van der Waals surface area contributed by atoms with Crippen molar-refractivity contribution in [3.8, 4) is 0 Å². The lowest BCUT2D eigenvalue weighted by Gasteiger charge is -2.40. The topological polar surface area (TPSA) is 49.4 Å². The van der Waals surface area contributed by atoms with Crippen molar-refractivity contribution in [1.82, 2.24) is 5.32 Å². The highest BCUT2D eigenvalue weighted by molar-refractivity contribution is 6.09. The van der Waals surface area contributed by atoms with Crippen LogP contribution in [0.4, 0.5) is 5.69 Å². The molecule has 1 heterocycles. The van der Waals surface area contributed by atoms with Crippen LogP contribution in [0.2, 0.25) is 0 Å². The van der Waals surface area contributed by atoms with Gasteiger partial charge >= 0.3 is 0 Å². The molecule has 4 nitrogen and oxygen atoms in total. The zero-order valence-corrected chi connectivity index (χ0v) is 11.3. The number of carbonyl (C=O) groups excluding carboxylic acids is 2.